The fraction of sp³-hybridized carbons (Fsp3) is 0.296. The van der Waals surface area contributed by atoms with Crippen LogP contribution >= 0.6 is 0 Å². The van der Waals surface area contributed by atoms with E-state index in [9.17, 15) is 4.79 Å². The Morgan fingerprint density at radius 2 is 1.71 bits per heavy atom. The maximum absolute atomic E-state index is 12.4. The molecule has 42 heavy (non-hydrogen) atoms. The molecule has 1 aromatic carbocycles. The summed E-state index contributed by atoms with van der Waals surface area (Å²) in [6.07, 6.45) is 6.33. The first-order valence-electron chi connectivity index (χ1n) is 12.9. The first-order valence-corrected chi connectivity index (χ1v) is 12.9. The topological polar surface area (TPSA) is 205 Å². The number of aryl methyl sites for hydroxylation is 1. The van der Waals surface area contributed by atoms with E-state index in [0.717, 1.165) is 24.3 Å². The van der Waals surface area contributed by atoms with E-state index in [2.05, 4.69) is 59.5 Å². The smallest absolute Gasteiger partial charge is 0.290 e. The van der Waals surface area contributed by atoms with Gasteiger partial charge in [0.25, 0.3) is 18.9 Å². The van der Waals surface area contributed by atoms with Crippen LogP contribution in [0.4, 0.5) is 23.0 Å². The van der Waals surface area contributed by atoms with Crippen molar-refractivity contribution in [1.29, 1.82) is 0 Å². The lowest BCUT2D eigenvalue weighted by Gasteiger charge is -2.33. The van der Waals surface area contributed by atoms with Crippen molar-refractivity contribution in [3.05, 3.63) is 48.7 Å². The highest BCUT2D eigenvalue weighted by Crippen LogP contribution is 2.35. The first-order chi connectivity index (χ1) is 20.3. The minimum atomic E-state index is -0.677. The van der Waals surface area contributed by atoms with Gasteiger partial charge in [-0.05, 0) is 37.7 Å². The SMILES string of the molecule is CNc1nc(Nc2ccc(N3C[C@H]4C[C@@H]3CN4C)cc2)c(C(N)=O)nc1-c1cncc2c1ncn2C.O=CO.O=CO. The number of likely N-dealkylation sites (N-methyl/N-ethyl adjacent to an activating group) is 1. The van der Waals surface area contributed by atoms with Crippen LogP contribution in [0.2, 0.25) is 0 Å². The number of carbonyl (C=O) groups is 3. The van der Waals surface area contributed by atoms with Gasteiger partial charge in [0, 0.05) is 56.8 Å². The Balaban J connectivity index is 0.000000624. The van der Waals surface area contributed by atoms with E-state index >= 15 is 0 Å². The Morgan fingerprint density at radius 3 is 2.29 bits per heavy atom. The monoisotopic (exact) mass is 576 g/mol. The lowest BCUT2D eigenvalue weighted by Crippen LogP contribution is -2.44. The number of nitrogens with two attached hydrogens (primary N) is 1. The van der Waals surface area contributed by atoms with Crippen molar-refractivity contribution in [3.63, 3.8) is 0 Å². The number of fused-ring (bicyclic) bond motifs is 3. The first kappa shape index (κ1) is 29.7. The summed E-state index contributed by atoms with van der Waals surface area (Å²) in [6.45, 7) is 1.65. The van der Waals surface area contributed by atoms with Crippen molar-refractivity contribution >= 4 is 52.9 Å². The van der Waals surface area contributed by atoms with Gasteiger partial charge in [-0.15, -0.1) is 0 Å². The van der Waals surface area contributed by atoms with Gasteiger partial charge in [-0.3, -0.25) is 24.3 Å². The van der Waals surface area contributed by atoms with E-state index in [-0.39, 0.29) is 24.5 Å². The fourth-order valence-corrected chi connectivity index (χ4v) is 5.33. The molecule has 2 bridgehead atoms. The molecule has 0 spiro atoms. The molecule has 220 valence electrons. The molecule has 3 aromatic heterocycles. The number of carbonyl (C=O) groups excluding carboxylic acids is 1. The Morgan fingerprint density at radius 1 is 1.02 bits per heavy atom. The molecule has 15 heteroatoms. The van der Waals surface area contributed by atoms with Gasteiger partial charge in [0.15, 0.2) is 17.3 Å². The standard InChI is InChI=1S/C25H28N10O.2CH2O2/c1-27-24-21(18-9-28-10-19-20(18)29-13-34(19)3)31-22(23(26)36)25(32-24)30-14-4-6-15(7-5-14)35-12-16-8-17(35)11-33(16)2;2*2-1-3/h4-7,9-10,13,16-17H,8,11-12H2,1-3H3,(H2,26,36)(H2,27,30,32);2*1H,(H,2,3)/t16-,17-;;/m1../s1. The number of likely N-dealkylation sites (tertiary alicyclic amines) is 1. The zero-order valence-corrected chi connectivity index (χ0v) is 23.3. The van der Waals surface area contributed by atoms with Crippen LogP contribution in [0.5, 0.6) is 0 Å². The number of rotatable bonds is 6. The Hall–Kier alpha value is -5.31. The predicted molar refractivity (Wildman–Crippen MR) is 157 cm³/mol. The summed E-state index contributed by atoms with van der Waals surface area (Å²) in [5.41, 5.74) is 10.4. The number of anilines is 4. The van der Waals surface area contributed by atoms with Crippen LogP contribution in [-0.4, -0.2) is 97.7 Å². The molecular weight excluding hydrogens is 544 g/mol. The third-order valence-corrected chi connectivity index (χ3v) is 7.24. The molecule has 6 rings (SSSR count). The molecule has 0 saturated carbocycles. The van der Waals surface area contributed by atoms with Crippen molar-refractivity contribution in [1.82, 2.24) is 29.4 Å². The Labute approximate surface area is 241 Å². The van der Waals surface area contributed by atoms with Gasteiger partial charge in [0.05, 0.1) is 23.6 Å². The Kier molecular flexibility index (Phi) is 9.12. The van der Waals surface area contributed by atoms with Crippen LogP contribution in [-0.2, 0) is 16.6 Å². The number of imidazole rings is 1. The predicted octanol–water partition coefficient (Wildman–Crippen LogP) is 1.60. The molecule has 6 N–H and O–H groups in total. The van der Waals surface area contributed by atoms with Gasteiger partial charge < -0.3 is 36.0 Å². The number of amides is 1. The molecule has 2 aliphatic heterocycles. The van der Waals surface area contributed by atoms with E-state index in [1.54, 1.807) is 25.8 Å². The maximum atomic E-state index is 12.4. The average molecular weight is 577 g/mol. The number of benzene rings is 1. The van der Waals surface area contributed by atoms with Crippen LogP contribution < -0.4 is 21.3 Å². The number of piperazine rings is 1. The molecule has 2 atom stereocenters. The van der Waals surface area contributed by atoms with E-state index in [4.69, 9.17) is 25.5 Å². The third-order valence-electron chi connectivity index (χ3n) is 7.24. The van der Waals surface area contributed by atoms with Crippen molar-refractivity contribution in [2.45, 2.75) is 18.5 Å². The molecule has 2 saturated heterocycles. The molecule has 15 nitrogen and oxygen atoms in total. The number of aromatic nitrogens is 5. The highest BCUT2D eigenvalue weighted by molar-refractivity contribution is 5.99. The second-order valence-corrected chi connectivity index (χ2v) is 9.66. The molecule has 2 aliphatic rings. The second kappa shape index (κ2) is 12.9. The number of pyridine rings is 1. The quantitative estimate of drug-likeness (QED) is 0.207. The lowest BCUT2D eigenvalue weighted by atomic mass is 10.1. The highest BCUT2D eigenvalue weighted by atomic mass is 16.3. The molecule has 0 aliphatic carbocycles. The molecule has 4 aromatic rings. The number of nitrogens with one attached hydrogen (secondary N) is 2. The number of primary amides is 1. The molecule has 5 heterocycles. The molecular formula is C27H32N10O5. The Bertz CT molecular complexity index is 1570. The average Bonchev–Trinajstić information content (AvgIpc) is 3.68. The van der Waals surface area contributed by atoms with Gasteiger partial charge in [-0.2, -0.15) is 0 Å². The van der Waals surface area contributed by atoms with Gasteiger partial charge >= 0.3 is 0 Å². The largest absolute Gasteiger partial charge is 0.483 e. The number of hydrogen-bond acceptors (Lipinski definition) is 11. The third kappa shape index (κ3) is 5.90. The van der Waals surface area contributed by atoms with Gasteiger partial charge in [-0.25, -0.2) is 15.0 Å². The molecule has 1 amide bonds. The van der Waals surface area contributed by atoms with Crippen LogP contribution in [0, 0.1) is 0 Å². The summed E-state index contributed by atoms with van der Waals surface area (Å²) in [6, 6.07) is 9.37. The van der Waals surface area contributed by atoms with Crippen molar-refractivity contribution in [2.24, 2.45) is 12.8 Å². The summed E-state index contributed by atoms with van der Waals surface area (Å²) >= 11 is 0. The van der Waals surface area contributed by atoms with Crippen molar-refractivity contribution in [2.75, 3.05) is 42.7 Å². The zero-order chi connectivity index (χ0) is 30.4. The maximum Gasteiger partial charge on any atom is 0.290 e. The van der Waals surface area contributed by atoms with Crippen LogP contribution in [0.3, 0.4) is 0 Å². The van der Waals surface area contributed by atoms with Crippen molar-refractivity contribution in [3.8, 4) is 11.3 Å². The minimum absolute atomic E-state index is 0.0425. The van der Waals surface area contributed by atoms with E-state index in [1.807, 2.05) is 23.7 Å². The van der Waals surface area contributed by atoms with Gasteiger partial charge in [0.2, 0.25) is 0 Å². The van der Waals surface area contributed by atoms with Crippen LogP contribution in [0.1, 0.15) is 16.9 Å². The van der Waals surface area contributed by atoms with E-state index in [1.165, 1.54) is 12.1 Å². The van der Waals surface area contributed by atoms with Crippen molar-refractivity contribution < 1.29 is 24.6 Å². The summed E-state index contributed by atoms with van der Waals surface area (Å²) in [5, 5.41) is 20.1. The summed E-state index contributed by atoms with van der Waals surface area (Å²) in [4.78, 5) is 52.1. The second-order valence-electron chi connectivity index (χ2n) is 9.66. The number of nitrogens with zero attached hydrogens (tertiary/aromatic N) is 7. The number of carboxylic acid groups (broad SMARTS) is 2. The molecule has 0 radical (unpaired) electrons. The molecule has 0 unspecified atom stereocenters. The minimum Gasteiger partial charge on any atom is -0.483 e. The van der Waals surface area contributed by atoms with E-state index < -0.39 is 5.91 Å². The fourth-order valence-electron chi connectivity index (χ4n) is 5.33. The summed E-state index contributed by atoms with van der Waals surface area (Å²) < 4.78 is 1.87. The summed E-state index contributed by atoms with van der Waals surface area (Å²) in [7, 11) is 5.85. The van der Waals surface area contributed by atoms with E-state index in [0.29, 0.717) is 34.7 Å². The van der Waals surface area contributed by atoms with Crippen LogP contribution in [0.15, 0.2) is 43.0 Å². The lowest BCUT2D eigenvalue weighted by molar-refractivity contribution is -0.123. The van der Waals surface area contributed by atoms with Crippen LogP contribution in [0.25, 0.3) is 22.3 Å². The molecule has 2 fully saturated rings. The highest BCUT2D eigenvalue weighted by Gasteiger charge is 2.41. The van der Waals surface area contributed by atoms with Gasteiger partial charge in [0.1, 0.15) is 11.2 Å². The zero-order valence-electron chi connectivity index (χ0n) is 23.3. The normalized spacial score (nSPS) is 17.1. The van der Waals surface area contributed by atoms with Gasteiger partial charge in [-0.1, -0.05) is 0 Å². The summed E-state index contributed by atoms with van der Waals surface area (Å²) in [5.74, 6) is 0.0894. The number of hydrogen-bond donors (Lipinski definition) is 5.